The molecule has 21 heavy (non-hydrogen) atoms. The van der Waals surface area contributed by atoms with E-state index in [4.69, 9.17) is 16.3 Å². The first-order valence-electron chi connectivity index (χ1n) is 6.84. The molecule has 2 aromatic carbocycles. The number of aliphatic hydroxyl groups is 1. The van der Waals surface area contributed by atoms with Crippen LogP contribution in [0.4, 0.5) is 5.69 Å². The molecule has 3 nitrogen and oxygen atoms in total. The summed E-state index contributed by atoms with van der Waals surface area (Å²) < 4.78 is 5.31. The highest BCUT2D eigenvalue weighted by Gasteiger charge is 2.14. The number of ether oxygens (including phenoxy) is 1. The van der Waals surface area contributed by atoms with E-state index < -0.39 is 6.10 Å². The molecule has 0 saturated carbocycles. The molecule has 0 amide bonds. The van der Waals surface area contributed by atoms with Crippen LogP contribution in [0, 0.1) is 13.8 Å². The summed E-state index contributed by atoms with van der Waals surface area (Å²) in [5, 5.41) is 14.3. The molecule has 0 bridgehead atoms. The van der Waals surface area contributed by atoms with Crippen molar-refractivity contribution in [1.29, 1.82) is 0 Å². The van der Waals surface area contributed by atoms with Gasteiger partial charge in [0.15, 0.2) is 0 Å². The van der Waals surface area contributed by atoms with E-state index in [1.165, 1.54) is 0 Å². The second-order valence-electron chi connectivity index (χ2n) is 5.05. The molecule has 0 fully saturated rings. The number of rotatable bonds is 5. The number of methoxy groups -OCH3 is 1. The zero-order valence-corrected chi connectivity index (χ0v) is 13.2. The molecule has 2 rings (SSSR count). The SMILES string of the molecule is COc1ccc(C)cc1C(O)CNc1cccc(Cl)c1C. The lowest BCUT2D eigenvalue weighted by atomic mass is 10.0. The van der Waals surface area contributed by atoms with Gasteiger partial charge in [-0.2, -0.15) is 0 Å². The molecule has 2 N–H and O–H groups in total. The molecule has 0 aliphatic carbocycles. The van der Waals surface area contributed by atoms with Crippen LogP contribution in [0.15, 0.2) is 36.4 Å². The number of benzene rings is 2. The summed E-state index contributed by atoms with van der Waals surface area (Å²) in [6, 6.07) is 11.5. The average molecular weight is 306 g/mol. The van der Waals surface area contributed by atoms with Gasteiger partial charge in [-0.1, -0.05) is 29.3 Å². The smallest absolute Gasteiger partial charge is 0.124 e. The van der Waals surface area contributed by atoms with Crippen molar-refractivity contribution in [1.82, 2.24) is 0 Å². The average Bonchev–Trinajstić information content (AvgIpc) is 2.48. The fraction of sp³-hybridized carbons (Fsp3) is 0.294. The van der Waals surface area contributed by atoms with Crippen molar-refractivity contribution < 1.29 is 9.84 Å². The monoisotopic (exact) mass is 305 g/mol. The number of halogens is 1. The summed E-state index contributed by atoms with van der Waals surface area (Å²) in [6.07, 6.45) is -0.654. The molecule has 1 unspecified atom stereocenters. The Kier molecular flexibility index (Phi) is 5.10. The maximum Gasteiger partial charge on any atom is 0.124 e. The van der Waals surface area contributed by atoms with Crippen molar-refractivity contribution in [2.45, 2.75) is 20.0 Å². The van der Waals surface area contributed by atoms with Crippen LogP contribution in [0.25, 0.3) is 0 Å². The second kappa shape index (κ2) is 6.83. The largest absolute Gasteiger partial charge is 0.496 e. The van der Waals surface area contributed by atoms with Gasteiger partial charge in [0.25, 0.3) is 0 Å². The number of anilines is 1. The summed E-state index contributed by atoms with van der Waals surface area (Å²) in [4.78, 5) is 0. The van der Waals surface area contributed by atoms with Crippen molar-refractivity contribution in [3.05, 3.63) is 58.1 Å². The first-order chi connectivity index (χ1) is 10.0. The Hall–Kier alpha value is -1.71. The maximum atomic E-state index is 10.4. The summed E-state index contributed by atoms with van der Waals surface area (Å²) >= 11 is 6.09. The van der Waals surface area contributed by atoms with E-state index in [-0.39, 0.29) is 0 Å². The Morgan fingerprint density at radius 1 is 1.24 bits per heavy atom. The highest BCUT2D eigenvalue weighted by molar-refractivity contribution is 6.31. The van der Waals surface area contributed by atoms with Gasteiger partial charge in [-0.15, -0.1) is 0 Å². The molecule has 1 atom stereocenters. The molecule has 0 aliphatic heterocycles. The zero-order valence-electron chi connectivity index (χ0n) is 12.5. The van der Waals surface area contributed by atoms with Crippen LogP contribution in [-0.2, 0) is 0 Å². The molecule has 2 aromatic rings. The number of aliphatic hydroxyl groups excluding tert-OH is 1. The molecule has 0 aliphatic rings. The summed E-state index contributed by atoms with van der Waals surface area (Å²) in [5.74, 6) is 0.692. The Balaban J connectivity index is 2.13. The van der Waals surface area contributed by atoms with Gasteiger partial charge in [-0.05, 0) is 43.7 Å². The van der Waals surface area contributed by atoms with Gasteiger partial charge < -0.3 is 15.2 Å². The van der Waals surface area contributed by atoms with Crippen molar-refractivity contribution in [3.63, 3.8) is 0 Å². The van der Waals surface area contributed by atoms with E-state index in [9.17, 15) is 5.11 Å². The molecular formula is C17H20ClNO2. The van der Waals surface area contributed by atoms with Crippen LogP contribution >= 0.6 is 11.6 Å². The molecule has 0 saturated heterocycles. The molecule has 0 spiro atoms. The van der Waals surface area contributed by atoms with E-state index in [0.29, 0.717) is 17.3 Å². The van der Waals surface area contributed by atoms with Crippen molar-refractivity contribution in [3.8, 4) is 5.75 Å². The number of hydrogen-bond donors (Lipinski definition) is 2. The van der Waals surface area contributed by atoms with E-state index in [1.807, 2.05) is 50.2 Å². The van der Waals surface area contributed by atoms with Gasteiger partial charge in [0.2, 0.25) is 0 Å². The highest BCUT2D eigenvalue weighted by atomic mass is 35.5. The second-order valence-corrected chi connectivity index (χ2v) is 5.46. The van der Waals surface area contributed by atoms with E-state index in [2.05, 4.69) is 5.32 Å². The van der Waals surface area contributed by atoms with Crippen molar-refractivity contribution in [2.75, 3.05) is 19.0 Å². The summed E-state index contributed by atoms with van der Waals surface area (Å²) in [7, 11) is 1.61. The van der Waals surface area contributed by atoms with Crippen LogP contribution in [0.2, 0.25) is 5.02 Å². The first-order valence-corrected chi connectivity index (χ1v) is 7.22. The molecule has 0 aromatic heterocycles. The van der Waals surface area contributed by atoms with Gasteiger partial charge in [-0.3, -0.25) is 0 Å². The standard InChI is InChI=1S/C17H20ClNO2/c1-11-7-8-17(21-3)13(9-11)16(20)10-19-15-6-4-5-14(18)12(15)2/h4-9,16,19-20H,10H2,1-3H3. The summed E-state index contributed by atoms with van der Waals surface area (Å²) in [5.41, 5.74) is 3.77. The van der Waals surface area contributed by atoms with Crippen LogP contribution < -0.4 is 10.1 Å². The van der Waals surface area contributed by atoms with Crippen LogP contribution in [0.1, 0.15) is 22.8 Å². The van der Waals surface area contributed by atoms with Crippen LogP contribution in [-0.4, -0.2) is 18.8 Å². The normalized spacial score (nSPS) is 12.0. The molecule has 4 heteroatoms. The van der Waals surface area contributed by atoms with E-state index in [1.54, 1.807) is 7.11 Å². The lowest BCUT2D eigenvalue weighted by molar-refractivity contribution is 0.187. The third kappa shape index (κ3) is 3.69. The third-order valence-corrected chi connectivity index (χ3v) is 3.91. The predicted molar refractivity (Wildman–Crippen MR) is 87.4 cm³/mol. The Morgan fingerprint density at radius 3 is 2.71 bits per heavy atom. The topological polar surface area (TPSA) is 41.5 Å². The van der Waals surface area contributed by atoms with Gasteiger partial charge in [0.05, 0.1) is 13.2 Å². The van der Waals surface area contributed by atoms with E-state index in [0.717, 1.165) is 22.4 Å². The fourth-order valence-corrected chi connectivity index (χ4v) is 2.40. The number of nitrogens with one attached hydrogen (secondary N) is 1. The first kappa shape index (κ1) is 15.7. The van der Waals surface area contributed by atoms with Gasteiger partial charge in [0, 0.05) is 22.8 Å². The minimum atomic E-state index is -0.654. The lowest BCUT2D eigenvalue weighted by Gasteiger charge is -2.18. The zero-order chi connectivity index (χ0) is 15.4. The minimum absolute atomic E-state index is 0.390. The molecule has 112 valence electrons. The van der Waals surface area contributed by atoms with Gasteiger partial charge in [0.1, 0.15) is 5.75 Å². The Bertz CT molecular complexity index is 628. The Morgan fingerprint density at radius 2 is 2.00 bits per heavy atom. The van der Waals surface area contributed by atoms with Gasteiger partial charge >= 0.3 is 0 Å². The van der Waals surface area contributed by atoms with Crippen LogP contribution in [0.3, 0.4) is 0 Å². The molecule has 0 radical (unpaired) electrons. The molecule has 0 heterocycles. The lowest BCUT2D eigenvalue weighted by Crippen LogP contribution is -2.14. The van der Waals surface area contributed by atoms with E-state index >= 15 is 0 Å². The highest BCUT2D eigenvalue weighted by Crippen LogP contribution is 2.28. The Labute approximate surface area is 130 Å². The quantitative estimate of drug-likeness (QED) is 0.873. The predicted octanol–water partition coefficient (Wildman–Crippen LogP) is 4.11. The van der Waals surface area contributed by atoms with Gasteiger partial charge in [-0.25, -0.2) is 0 Å². The fourth-order valence-electron chi connectivity index (χ4n) is 2.23. The minimum Gasteiger partial charge on any atom is -0.496 e. The number of aryl methyl sites for hydroxylation is 1. The third-order valence-electron chi connectivity index (χ3n) is 3.50. The molecular weight excluding hydrogens is 286 g/mol. The van der Waals surface area contributed by atoms with Crippen molar-refractivity contribution >= 4 is 17.3 Å². The number of hydrogen-bond acceptors (Lipinski definition) is 3. The maximum absolute atomic E-state index is 10.4. The van der Waals surface area contributed by atoms with Crippen LogP contribution in [0.5, 0.6) is 5.75 Å². The summed E-state index contributed by atoms with van der Waals surface area (Å²) in [6.45, 7) is 4.33. The van der Waals surface area contributed by atoms with Crippen molar-refractivity contribution in [2.24, 2.45) is 0 Å².